The number of piperidine rings is 1. The van der Waals surface area contributed by atoms with Crippen LogP contribution >= 0.6 is 0 Å². The van der Waals surface area contributed by atoms with Crippen LogP contribution in [0.25, 0.3) is 0 Å². The molecule has 14 heavy (non-hydrogen) atoms. The molecule has 0 aliphatic carbocycles. The maximum atomic E-state index is 10.4. The van der Waals surface area contributed by atoms with Gasteiger partial charge in [-0.1, -0.05) is 6.92 Å². The van der Waals surface area contributed by atoms with Crippen LogP contribution in [0, 0.1) is 5.92 Å². The molecule has 0 aromatic heterocycles. The van der Waals surface area contributed by atoms with Crippen molar-refractivity contribution in [3.8, 4) is 0 Å². The summed E-state index contributed by atoms with van der Waals surface area (Å²) < 4.78 is 5.54. The minimum absolute atomic E-state index is 0.200. The van der Waals surface area contributed by atoms with E-state index in [1.807, 2.05) is 13.8 Å². The predicted molar refractivity (Wildman–Crippen MR) is 57.3 cm³/mol. The highest BCUT2D eigenvalue weighted by atomic mass is 16.5. The number of aliphatic hydroxyl groups is 1. The van der Waals surface area contributed by atoms with E-state index in [-0.39, 0.29) is 6.10 Å². The number of ether oxygens (including phenoxy) is 1. The summed E-state index contributed by atoms with van der Waals surface area (Å²) in [5.74, 6) is 0.329. The van der Waals surface area contributed by atoms with Gasteiger partial charge in [-0.25, -0.2) is 0 Å². The number of rotatable bonds is 4. The maximum Gasteiger partial charge on any atom is 0.0932 e. The van der Waals surface area contributed by atoms with Crippen molar-refractivity contribution in [3.63, 3.8) is 0 Å². The van der Waals surface area contributed by atoms with Gasteiger partial charge in [-0.3, -0.25) is 0 Å². The van der Waals surface area contributed by atoms with Crippen LogP contribution < -0.4 is 5.32 Å². The smallest absolute Gasteiger partial charge is 0.0932 e. The first kappa shape index (κ1) is 12.0. The Bertz CT molecular complexity index is 173. The Kier molecular flexibility index (Phi) is 4.35. The average molecular weight is 201 g/mol. The molecule has 0 amide bonds. The third-order valence-corrected chi connectivity index (χ3v) is 3.04. The van der Waals surface area contributed by atoms with Gasteiger partial charge in [0.25, 0.3) is 0 Å². The molecule has 0 spiro atoms. The Morgan fingerprint density at radius 1 is 1.57 bits per heavy atom. The molecule has 3 heteroatoms. The molecule has 1 heterocycles. The third-order valence-electron chi connectivity index (χ3n) is 3.04. The molecule has 84 valence electrons. The summed E-state index contributed by atoms with van der Waals surface area (Å²) in [6.45, 7) is 8.42. The fraction of sp³-hybridized carbons (Fsp3) is 1.00. The van der Waals surface area contributed by atoms with Crippen LogP contribution in [-0.2, 0) is 4.74 Å². The van der Waals surface area contributed by atoms with Gasteiger partial charge in [-0.2, -0.15) is 0 Å². The van der Waals surface area contributed by atoms with Crippen LogP contribution in [0.1, 0.15) is 33.6 Å². The molecule has 1 aliphatic rings. The zero-order chi connectivity index (χ0) is 10.6. The van der Waals surface area contributed by atoms with Crippen LogP contribution in [0.2, 0.25) is 0 Å². The lowest BCUT2D eigenvalue weighted by Crippen LogP contribution is -2.53. The molecule has 0 radical (unpaired) electrons. The lowest BCUT2D eigenvalue weighted by molar-refractivity contribution is -0.112. The minimum atomic E-state index is -0.607. The van der Waals surface area contributed by atoms with Gasteiger partial charge in [0.15, 0.2) is 0 Å². The van der Waals surface area contributed by atoms with E-state index in [2.05, 4.69) is 12.2 Å². The molecule has 1 aliphatic heterocycles. The SMILES string of the molecule is CCC1CNCCC1(O)COC(C)C. The van der Waals surface area contributed by atoms with Crippen molar-refractivity contribution in [1.29, 1.82) is 0 Å². The monoisotopic (exact) mass is 201 g/mol. The molecule has 2 atom stereocenters. The first-order valence-corrected chi connectivity index (χ1v) is 5.63. The summed E-state index contributed by atoms with van der Waals surface area (Å²) in [5.41, 5.74) is -0.607. The van der Waals surface area contributed by atoms with E-state index in [1.54, 1.807) is 0 Å². The Morgan fingerprint density at radius 2 is 2.29 bits per heavy atom. The molecule has 1 saturated heterocycles. The predicted octanol–water partition coefficient (Wildman–Crippen LogP) is 1.16. The van der Waals surface area contributed by atoms with Gasteiger partial charge in [0.1, 0.15) is 0 Å². The van der Waals surface area contributed by atoms with Crippen LogP contribution in [-0.4, -0.2) is 36.5 Å². The second-order valence-electron chi connectivity index (χ2n) is 4.52. The number of hydrogen-bond acceptors (Lipinski definition) is 3. The summed E-state index contributed by atoms with van der Waals surface area (Å²) in [4.78, 5) is 0. The molecule has 2 N–H and O–H groups in total. The Balaban J connectivity index is 2.49. The van der Waals surface area contributed by atoms with Crippen LogP contribution in [0.5, 0.6) is 0 Å². The summed E-state index contributed by atoms with van der Waals surface area (Å²) in [6, 6.07) is 0. The van der Waals surface area contributed by atoms with Gasteiger partial charge in [0, 0.05) is 12.5 Å². The van der Waals surface area contributed by atoms with E-state index < -0.39 is 5.60 Å². The molecule has 0 bridgehead atoms. The van der Waals surface area contributed by atoms with Gasteiger partial charge in [0.2, 0.25) is 0 Å². The summed E-state index contributed by atoms with van der Waals surface area (Å²) >= 11 is 0. The molecule has 1 rings (SSSR count). The van der Waals surface area contributed by atoms with Gasteiger partial charge in [0.05, 0.1) is 18.3 Å². The van der Waals surface area contributed by atoms with E-state index in [0.29, 0.717) is 12.5 Å². The number of nitrogens with one attached hydrogen (secondary N) is 1. The van der Waals surface area contributed by atoms with Crippen molar-refractivity contribution in [3.05, 3.63) is 0 Å². The standard InChI is InChI=1S/C11H23NO2/c1-4-10-7-12-6-5-11(10,13)8-14-9(2)3/h9-10,12-13H,4-8H2,1-3H3. The van der Waals surface area contributed by atoms with Crippen molar-refractivity contribution in [2.24, 2.45) is 5.92 Å². The molecular weight excluding hydrogens is 178 g/mol. The van der Waals surface area contributed by atoms with Crippen LogP contribution in [0.4, 0.5) is 0 Å². The van der Waals surface area contributed by atoms with Crippen molar-refractivity contribution >= 4 is 0 Å². The second kappa shape index (κ2) is 5.10. The van der Waals surface area contributed by atoms with Crippen molar-refractivity contribution < 1.29 is 9.84 Å². The van der Waals surface area contributed by atoms with E-state index in [1.165, 1.54) is 0 Å². The third kappa shape index (κ3) is 2.94. The quantitative estimate of drug-likeness (QED) is 0.717. The van der Waals surface area contributed by atoms with E-state index in [9.17, 15) is 5.11 Å². The van der Waals surface area contributed by atoms with Gasteiger partial charge < -0.3 is 15.2 Å². The maximum absolute atomic E-state index is 10.4. The van der Waals surface area contributed by atoms with Gasteiger partial charge >= 0.3 is 0 Å². The number of hydrogen-bond donors (Lipinski definition) is 2. The zero-order valence-electron chi connectivity index (χ0n) is 9.55. The van der Waals surface area contributed by atoms with E-state index in [0.717, 1.165) is 25.9 Å². The Labute approximate surface area is 86.8 Å². The zero-order valence-corrected chi connectivity index (χ0v) is 9.55. The lowest BCUT2D eigenvalue weighted by atomic mass is 9.81. The molecule has 2 unspecified atom stereocenters. The fourth-order valence-corrected chi connectivity index (χ4v) is 2.00. The largest absolute Gasteiger partial charge is 0.387 e. The molecule has 0 saturated carbocycles. The van der Waals surface area contributed by atoms with Crippen molar-refractivity contribution in [2.75, 3.05) is 19.7 Å². The van der Waals surface area contributed by atoms with Crippen molar-refractivity contribution in [2.45, 2.75) is 45.3 Å². The first-order chi connectivity index (χ1) is 6.58. The highest BCUT2D eigenvalue weighted by molar-refractivity contribution is 4.91. The second-order valence-corrected chi connectivity index (χ2v) is 4.52. The molecule has 3 nitrogen and oxygen atoms in total. The van der Waals surface area contributed by atoms with E-state index in [4.69, 9.17) is 4.74 Å². The highest BCUT2D eigenvalue weighted by Gasteiger charge is 2.38. The van der Waals surface area contributed by atoms with E-state index >= 15 is 0 Å². The van der Waals surface area contributed by atoms with Crippen LogP contribution in [0.15, 0.2) is 0 Å². The lowest BCUT2D eigenvalue weighted by Gasteiger charge is -2.40. The molecule has 0 aromatic rings. The molecule has 0 aromatic carbocycles. The topological polar surface area (TPSA) is 41.5 Å². The van der Waals surface area contributed by atoms with Gasteiger partial charge in [-0.05, 0) is 33.2 Å². The van der Waals surface area contributed by atoms with Crippen molar-refractivity contribution in [1.82, 2.24) is 5.32 Å². The van der Waals surface area contributed by atoms with Gasteiger partial charge in [-0.15, -0.1) is 0 Å². The minimum Gasteiger partial charge on any atom is -0.387 e. The summed E-state index contributed by atoms with van der Waals surface area (Å²) in [6.07, 6.45) is 2.01. The van der Waals surface area contributed by atoms with Crippen LogP contribution in [0.3, 0.4) is 0 Å². The summed E-state index contributed by atoms with van der Waals surface area (Å²) in [5, 5.41) is 13.7. The average Bonchev–Trinajstić information content (AvgIpc) is 2.16. The Hall–Kier alpha value is -0.120. The Morgan fingerprint density at radius 3 is 2.86 bits per heavy atom. The normalized spacial score (nSPS) is 33.6. The fourth-order valence-electron chi connectivity index (χ4n) is 2.00. The summed E-state index contributed by atoms with van der Waals surface area (Å²) in [7, 11) is 0. The molecular formula is C11H23NO2. The highest BCUT2D eigenvalue weighted by Crippen LogP contribution is 2.27. The molecule has 1 fully saturated rings. The first-order valence-electron chi connectivity index (χ1n) is 5.63.